The van der Waals surface area contributed by atoms with Crippen molar-refractivity contribution >= 4 is 35.9 Å². The van der Waals surface area contributed by atoms with E-state index in [0.717, 1.165) is 23.0 Å². The maximum atomic E-state index is 6.47. The normalized spacial score (nSPS) is 10.9. The second-order valence-electron chi connectivity index (χ2n) is 7.67. The van der Waals surface area contributed by atoms with Crippen LogP contribution in [0, 0.1) is 0 Å². The zero-order valence-electron chi connectivity index (χ0n) is 21.6. The van der Waals surface area contributed by atoms with E-state index in [9.17, 15) is 0 Å². The molecule has 0 bridgehead atoms. The number of hydrogen-bond donors (Lipinski definition) is 0. The van der Waals surface area contributed by atoms with Crippen LogP contribution in [-0.4, -0.2) is 22.6 Å². The molecule has 0 saturated carbocycles. The van der Waals surface area contributed by atoms with Gasteiger partial charge in [0.25, 0.3) is 0 Å². The van der Waals surface area contributed by atoms with Gasteiger partial charge >= 0.3 is 52.4 Å². The molecule has 11 heteroatoms. The predicted molar refractivity (Wildman–Crippen MR) is 161 cm³/mol. The van der Waals surface area contributed by atoms with E-state index in [4.69, 9.17) is 36.9 Å². The fourth-order valence-corrected chi connectivity index (χ4v) is 6.95. The minimum atomic E-state index is -2.05. The average molecular weight is 789 g/mol. The molecule has 4 rings (SSSR count). The van der Waals surface area contributed by atoms with Crippen molar-refractivity contribution < 1.29 is 34.6 Å². The third kappa shape index (κ3) is 10.9. The second kappa shape index (κ2) is 18.5. The molecule has 39 heavy (non-hydrogen) atoms. The van der Waals surface area contributed by atoms with Crippen LogP contribution in [0.4, 0.5) is 0 Å². The SMILES string of the molecule is CCN(N(CC)[PH+](Oc1ccccc1)Oc1ccccc1)[PH+](Oc1ccccc1)Oc1ccccc1.[Cl][Pt][Cl]. The van der Waals surface area contributed by atoms with E-state index in [1.165, 1.54) is 0 Å². The standard InChI is InChI=1S/C28H30N2O4P2.2ClH.Pt/c1-3-29(35(31-25-17-9-5-10-18-25)32-26-19-11-6-12-20-26)30(4-2)36(33-27-21-13-7-14-22-27)34-28-23-15-8-16-24-28;;;/h5-24H,3-4H2,1-2H3;2*1H;/q;;;+2. The van der Waals surface area contributed by atoms with Crippen LogP contribution < -0.4 is 18.1 Å². The van der Waals surface area contributed by atoms with Gasteiger partial charge in [0.15, 0.2) is 23.0 Å². The van der Waals surface area contributed by atoms with Crippen molar-refractivity contribution in [2.75, 3.05) is 13.1 Å². The summed E-state index contributed by atoms with van der Waals surface area (Å²) in [6.07, 6.45) is 0. The first-order valence-corrected chi connectivity index (χ1v) is 20.4. The Morgan fingerprint density at radius 3 is 0.872 bits per heavy atom. The predicted octanol–water partition coefficient (Wildman–Crippen LogP) is 9.16. The summed E-state index contributed by atoms with van der Waals surface area (Å²) in [6, 6.07) is 39.0. The van der Waals surface area contributed by atoms with E-state index in [-0.39, 0.29) is 0 Å². The Morgan fingerprint density at radius 2 is 0.692 bits per heavy atom. The molecule has 0 heterocycles. The third-order valence-electron chi connectivity index (χ3n) is 5.11. The molecule has 0 aliphatic rings. The fourth-order valence-electron chi connectivity index (χ4n) is 3.41. The molecule has 0 N–H and O–H groups in total. The number of rotatable bonds is 13. The van der Waals surface area contributed by atoms with Crippen LogP contribution in [0.3, 0.4) is 0 Å². The van der Waals surface area contributed by atoms with Crippen molar-refractivity contribution in [1.29, 1.82) is 0 Å². The van der Waals surface area contributed by atoms with E-state index in [0.29, 0.717) is 13.1 Å². The molecule has 4 aromatic carbocycles. The van der Waals surface area contributed by atoms with E-state index < -0.39 is 33.5 Å². The molecule has 0 spiro atoms. The Kier molecular flexibility index (Phi) is 15.0. The average Bonchev–Trinajstić information content (AvgIpc) is 2.98. The van der Waals surface area contributed by atoms with Gasteiger partial charge in [-0.05, 0) is 71.9 Å². The Balaban J connectivity index is 0.00000134. The summed E-state index contributed by atoms with van der Waals surface area (Å²) in [5.74, 6) is 2.99. The van der Waals surface area contributed by atoms with Gasteiger partial charge in [0.2, 0.25) is 0 Å². The molecular weight excluding hydrogens is 756 g/mol. The number of hydrazine groups is 1. The number of para-hydroxylation sites is 4. The molecule has 6 nitrogen and oxygen atoms in total. The van der Waals surface area contributed by atoms with Crippen molar-refractivity contribution in [2.24, 2.45) is 0 Å². The summed E-state index contributed by atoms with van der Waals surface area (Å²) in [7, 11) is 5.65. The molecule has 0 aliphatic carbocycles. The minimum absolute atomic E-state index is 0.472. The molecule has 0 aromatic heterocycles. The quantitative estimate of drug-likeness (QED) is 0.0996. The maximum absolute atomic E-state index is 6.47. The third-order valence-corrected chi connectivity index (χ3v) is 8.91. The van der Waals surface area contributed by atoms with E-state index in [2.05, 4.69) is 23.4 Å². The second-order valence-corrected chi connectivity index (χ2v) is 13.9. The first kappa shape index (κ1) is 31.7. The Hall–Kier alpha value is -1.87. The molecule has 0 radical (unpaired) electrons. The van der Waals surface area contributed by atoms with Crippen molar-refractivity contribution in [3.63, 3.8) is 0 Å². The Morgan fingerprint density at radius 1 is 0.487 bits per heavy atom. The van der Waals surface area contributed by atoms with Gasteiger partial charge in [0, 0.05) is 0 Å². The number of nitrogens with zero attached hydrogens (tertiary/aromatic N) is 2. The molecule has 4 aromatic rings. The van der Waals surface area contributed by atoms with E-state index in [1.54, 1.807) is 0 Å². The van der Waals surface area contributed by atoms with Crippen LogP contribution in [0.25, 0.3) is 0 Å². The molecule has 210 valence electrons. The van der Waals surface area contributed by atoms with Gasteiger partial charge < -0.3 is 0 Å². The van der Waals surface area contributed by atoms with Crippen molar-refractivity contribution in [3.8, 4) is 23.0 Å². The summed E-state index contributed by atoms with van der Waals surface area (Å²) in [5.41, 5.74) is 0. The van der Waals surface area contributed by atoms with Crippen LogP contribution in [-0.2, 0) is 16.5 Å². The van der Waals surface area contributed by atoms with E-state index in [1.807, 2.05) is 121 Å². The van der Waals surface area contributed by atoms with Crippen molar-refractivity contribution in [2.45, 2.75) is 13.8 Å². The molecule has 0 atom stereocenters. The molecule has 0 amide bonds. The van der Waals surface area contributed by atoms with Crippen LogP contribution in [0.15, 0.2) is 121 Å². The first-order chi connectivity index (χ1) is 19.2. The zero-order valence-corrected chi connectivity index (χ0v) is 27.3. The molecule has 0 aliphatic heterocycles. The van der Waals surface area contributed by atoms with Gasteiger partial charge in [-0.25, -0.2) is 0 Å². The van der Waals surface area contributed by atoms with Gasteiger partial charge in [-0.15, -0.1) is 0 Å². The number of benzene rings is 4. The van der Waals surface area contributed by atoms with Crippen molar-refractivity contribution in [1.82, 2.24) is 9.56 Å². The molecular formula is C28H32Cl2N2O4P2Pt+2. The summed E-state index contributed by atoms with van der Waals surface area (Å²) in [4.78, 5) is 0. The zero-order chi connectivity index (χ0) is 27.7. The van der Waals surface area contributed by atoms with Gasteiger partial charge in [0.1, 0.15) is 0 Å². The van der Waals surface area contributed by atoms with Crippen LogP contribution in [0.5, 0.6) is 23.0 Å². The van der Waals surface area contributed by atoms with Gasteiger partial charge in [-0.1, -0.05) is 72.8 Å². The summed E-state index contributed by atoms with van der Waals surface area (Å²) < 4.78 is 30.1. The Bertz CT molecular complexity index is 999. The molecule has 0 unspecified atom stereocenters. The number of halogens is 2. The van der Waals surface area contributed by atoms with Crippen molar-refractivity contribution in [3.05, 3.63) is 121 Å². The summed E-state index contributed by atoms with van der Waals surface area (Å²) >= 11 is -0.472. The fraction of sp³-hybridized carbons (Fsp3) is 0.143. The summed E-state index contributed by atoms with van der Waals surface area (Å²) in [5, 5.41) is 0. The topological polar surface area (TPSA) is 43.4 Å². The molecule has 0 fully saturated rings. The first-order valence-electron chi connectivity index (χ1n) is 12.2. The monoisotopic (exact) mass is 787 g/mol. The van der Waals surface area contributed by atoms with Gasteiger partial charge in [-0.2, -0.15) is 0 Å². The Labute approximate surface area is 250 Å². The summed E-state index contributed by atoms with van der Waals surface area (Å²) in [6.45, 7) is 5.46. The van der Waals surface area contributed by atoms with E-state index >= 15 is 0 Å². The number of hydrogen-bond acceptors (Lipinski definition) is 6. The van der Waals surface area contributed by atoms with Crippen LogP contribution in [0.1, 0.15) is 13.8 Å². The van der Waals surface area contributed by atoms with Gasteiger partial charge in [0.05, 0.1) is 13.1 Å². The molecule has 0 saturated heterocycles. The van der Waals surface area contributed by atoms with Gasteiger partial charge in [-0.3, -0.25) is 18.1 Å². The van der Waals surface area contributed by atoms with Crippen LogP contribution >= 0.6 is 35.9 Å². The van der Waals surface area contributed by atoms with Crippen LogP contribution in [0.2, 0.25) is 0 Å².